The summed E-state index contributed by atoms with van der Waals surface area (Å²) >= 11 is 0. The lowest BCUT2D eigenvalue weighted by Crippen LogP contribution is -2.34. The topological polar surface area (TPSA) is 98.1 Å². The van der Waals surface area contributed by atoms with Gasteiger partial charge >= 0.3 is 16.1 Å². The molecule has 158 valence electrons. The predicted molar refractivity (Wildman–Crippen MR) is 112 cm³/mol. The van der Waals surface area contributed by atoms with Gasteiger partial charge in [-0.1, -0.05) is 24.3 Å². The highest BCUT2D eigenvalue weighted by Crippen LogP contribution is 2.24. The Labute approximate surface area is 175 Å². The van der Waals surface area contributed by atoms with E-state index in [2.05, 4.69) is 5.32 Å². The SMILES string of the molecule is COc1ccccc1NC(=O)N(Cc1cccc(OS(C)(=O)=O)c1)Cc1ccco1. The van der Waals surface area contributed by atoms with Crippen molar-refractivity contribution in [2.75, 3.05) is 18.7 Å². The first-order valence-corrected chi connectivity index (χ1v) is 10.9. The molecule has 0 atom stereocenters. The van der Waals surface area contributed by atoms with Crippen molar-refractivity contribution in [3.8, 4) is 11.5 Å². The second kappa shape index (κ2) is 9.36. The predicted octanol–water partition coefficient (Wildman–Crippen LogP) is 3.86. The van der Waals surface area contributed by atoms with Crippen LogP contribution >= 0.6 is 0 Å². The highest BCUT2D eigenvalue weighted by atomic mass is 32.2. The molecule has 0 aliphatic carbocycles. The van der Waals surface area contributed by atoms with Crippen LogP contribution in [0.5, 0.6) is 11.5 Å². The maximum Gasteiger partial charge on any atom is 0.322 e. The summed E-state index contributed by atoms with van der Waals surface area (Å²) < 4.78 is 38.4. The van der Waals surface area contributed by atoms with Gasteiger partial charge in [-0.05, 0) is 42.0 Å². The van der Waals surface area contributed by atoms with Gasteiger partial charge in [0.05, 0.1) is 31.9 Å². The van der Waals surface area contributed by atoms with E-state index in [4.69, 9.17) is 13.3 Å². The van der Waals surface area contributed by atoms with Gasteiger partial charge < -0.3 is 23.6 Å². The first kappa shape index (κ1) is 21.3. The molecule has 0 bridgehead atoms. The summed E-state index contributed by atoms with van der Waals surface area (Å²) in [6.45, 7) is 0.411. The van der Waals surface area contributed by atoms with Gasteiger partial charge in [-0.15, -0.1) is 0 Å². The van der Waals surface area contributed by atoms with Crippen LogP contribution in [0.15, 0.2) is 71.3 Å². The molecule has 3 rings (SSSR count). The van der Waals surface area contributed by atoms with Crippen LogP contribution < -0.4 is 14.2 Å². The number of amides is 2. The largest absolute Gasteiger partial charge is 0.495 e. The van der Waals surface area contributed by atoms with Crippen LogP contribution in [-0.4, -0.2) is 32.7 Å². The molecule has 0 fully saturated rings. The van der Waals surface area contributed by atoms with Gasteiger partial charge in [-0.25, -0.2) is 4.79 Å². The van der Waals surface area contributed by atoms with E-state index in [9.17, 15) is 13.2 Å². The zero-order valence-corrected chi connectivity index (χ0v) is 17.4. The van der Waals surface area contributed by atoms with Crippen molar-refractivity contribution in [3.63, 3.8) is 0 Å². The number of methoxy groups -OCH3 is 1. The number of carbonyl (C=O) groups is 1. The summed E-state index contributed by atoms with van der Waals surface area (Å²) in [6, 6.07) is 16.8. The third kappa shape index (κ3) is 6.02. The maximum atomic E-state index is 13.0. The molecule has 1 N–H and O–H groups in total. The summed E-state index contributed by atoms with van der Waals surface area (Å²) in [5, 5.41) is 2.84. The number of nitrogens with one attached hydrogen (secondary N) is 1. The van der Waals surface area contributed by atoms with E-state index in [1.165, 1.54) is 24.3 Å². The fourth-order valence-corrected chi connectivity index (χ4v) is 3.28. The molecule has 0 aliphatic rings. The number of anilines is 1. The third-order valence-electron chi connectivity index (χ3n) is 4.08. The minimum Gasteiger partial charge on any atom is -0.495 e. The van der Waals surface area contributed by atoms with Crippen LogP contribution in [0.3, 0.4) is 0 Å². The Hall–Kier alpha value is -3.46. The van der Waals surface area contributed by atoms with E-state index in [-0.39, 0.29) is 24.9 Å². The van der Waals surface area contributed by atoms with Crippen LogP contribution in [0.1, 0.15) is 11.3 Å². The lowest BCUT2D eigenvalue weighted by Gasteiger charge is -2.23. The molecule has 8 nitrogen and oxygen atoms in total. The standard InChI is InChI=1S/C21H22N2O6S/c1-27-20-11-4-3-10-19(20)22-21(24)23(15-18-9-6-12-28-18)14-16-7-5-8-17(13-16)29-30(2,25)26/h3-13H,14-15H2,1-2H3,(H,22,24). The van der Waals surface area contributed by atoms with Gasteiger partial charge in [0.1, 0.15) is 17.3 Å². The van der Waals surface area contributed by atoms with Crippen LogP contribution in [0, 0.1) is 0 Å². The van der Waals surface area contributed by atoms with Crippen molar-refractivity contribution in [1.82, 2.24) is 4.90 Å². The van der Waals surface area contributed by atoms with Crippen molar-refractivity contribution in [3.05, 3.63) is 78.3 Å². The number of ether oxygens (including phenoxy) is 1. The van der Waals surface area contributed by atoms with Crippen molar-refractivity contribution < 1.29 is 26.5 Å². The van der Waals surface area contributed by atoms with Crippen LogP contribution in [0.2, 0.25) is 0 Å². The van der Waals surface area contributed by atoms with E-state index in [1.54, 1.807) is 48.5 Å². The number of hydrogen-bond donors (Lipinski definition) is 1. The van der Waals surface area contributed by atoms with Gasteiger partial charge in [-0.2, -0.15) is 8.42 Å². The molecule has 2 aromatic carbocycles. The smallest absolute Gasteiger partial charge is 0.322 e. The Morgan fingerprint density at radius 3 is 2.57 bits per heavy atom. The molecular formula is C21H22N2O6S. The molecule has 0 radical (unpaired) electrons. The molecule has 9 heteroatoms. The second-order valence-electron chi connectivity index (χ2n) is 6.50. The number of urea groups is 1. The molecule has 2 amide bonds. The Kier molecular flexibility index (Phi) is 6.63. The first-order valence-electron chi connectivity index (χ1n) is 9.04. The number of benzene rings is 2. The highest BCUT2D eigenvalue weighted by molar-refractivity contribution is 7.86. The molecule has 0 saturated carbocycles. The van der Waals surface area contributed by atoms with Gasteiger partial charge in [0, 0.05) is 6.54 Å². The van der Waals surface area contributed by atoms with E-state index >= 15 is 0 Å². The van der Waals surface area contributed by atoms with Crippen molar-refractivity contribution in [2.24, 2.45) is 0 Å². The minimum atomic E-state index is -3.65. The molecule has 0 unspecified atom stereocenters. The Bertz CT molecular complexity index is 1100. The lowest BCUT2D eigenvalue weighted by atomic mass is 10.2. The van der Waals surface area contributed by atoms with Crippen molar-refractivity contribution in [2.45, 2.75) is 13.1 Å². The maximum absolute atomic E-state index is 13.0. The zero-order chi connectivity index (χ0) is 21.6. The van der Waals surface area contributed by atoms with Gasteiger partial charge in [0.25, 0.3) is 0 Å². The summed E-state index contributed by atoms with van der Waals surface area (Å²) in [5.41, 5.74) is 1.22. The molecule has 0 saturated heterocycles. The van der Waals surface area contributed by atoms with Crippen molar-refractivity contribution in [1.29, 1.82) is 0 Å². The number of furan rings is 1. The molecule has 0 spiro atoms. The van der Waals surface area contributed by atoms with Crippen LogP contribution in [0.25, 0.3) is 0 Å². The van der Waals surface area contributed by atoms with E-state index in [1.807, 2.05) is 6.07 Å². The number of hydrogen-bond acceptors (Lipinski definition) is 6. The molecule has 0 aliphatic heterocycles. The van der Waals surface area contributed by atoms with E-state index in [0.29, 0.717) is 22.8 Å². The van der Waals surface area contributed by atoms with Gasteiger partial charge in [0.2, 0.25) is 0 Å². The van der Waals surface area contributed by atoms with Gasteiger partial charge in [-0.3, -0.25) is 0 Å². The highest BCUT2D eigenvalue weighted by Gasteiger charge is 2.18. The summed E-state index contributed by atoms with van der Waals surface area (Å²) in [7, 11) is -2.12. The lowest BCUT2D eigenvalue weighted by molar-refractivity contribution is 0.201. The monoisotopic (exact) mass is 430 g/mol. The Morgan fingerprint density at radius 1 is 1.07 bits per heavy atom. The third-order valence-corrected chi connectivity index (χ3v) is 4.58. The van der Waals surface area contributed by atoms with E-state index in [0.717, 1.165) is 6.26 Å². The molecule has 1 aromatic heterocycles. The van der Waals surface area contributed by atoms with Crippen LogP contribution in [-0.2, 0) is 23.2 Å². The normalized spacial score (nSPS) is 11.0. The number of carbonyl (C=O) groups excluding carboxylic acids is 1. The summed E-state index contributed by atoms with van der Waals surface area (Å²) in [4.78, 5) is 14.5. The number of nitrogens with zero attached hydrogens (tertiary/aromatic N) is 1. The molecule has 1 heterocycles. The zero-order valence-electron chi connectivity index (χ0n) is 16.6. The fourth-order valence-electron chi connectivity index (χ4n) is 2.82. The average molecular weight is 430 g/mol. The average Bonchev–Trinajstić information content (AvgIpc) is 3.20. The Balaban J connectivity index is 1.82. The van der Waals surface area contributed by atoms with E-state index < -0.39 is 10.1 Å². The first-order chi connectivity index (χ1) is 14.3. The summed E-state index contributed by atoms with van der Waals surface area (Å²) in [5.74, 6) is 1.32. The molecular weight excluding hydrogens is 408 g/mol. The molecule has 30 heavy (non-hydrogen) atoms. The molecule has 3 aromatic rings. The fraction of sp³-hybridized carbons (Fsp3) is 0.190. The quantitative estimate of drug-likeness (QED) is 0.545. The second-order valence-corrected chi connectivity index (χ2v) is 8.08. The minimum absolute atomic E-state index is 0.179. The van der Waals surface area contributed by atoms with Crippen molar-refractivity contribution >= 4 is 21.8 Å². The van der Waals surface area contributed by atoms with Crippen LogP contribution in [0.4, 0.5) is 10.5 Å². The van der Waals surface area contributed by atoms with Gasteiger partial charge in [0.15, 0.2) is 0 Å². The number of rotatable bonds is 8. The number of para-hydroxylation sites is 2. The Morgan fingerprint density at radius 2 is 1.87 bits per heavy atom. The summed E-state index contributed by atoms with van der Waals surface area (Å²) in [6.07, 6.45) is 2.51.